The van der Waals surface area contributed by atoms with E-state index in [4.69, 9.17) is 9.84 Å². The fraction of sp³-hybridized carbons (Fsp3) is 0.889. The topological polar surface area (TPSA) is 63.6 Å². The maximum Gasteiger partial charge on any atom is 0.345 e. The Kier molecular flexibility index (Phi) is 14.1. The summed E-state index contributed by atoms with van der Waals surface area (Å²) < 4.78 is 4.77. The van der Waals surface area contributed by atoms with E-state index in [-0.39, 0.29) is 0 Å². The molecule has 4 nitrogen and oxygen atoms in total. The average molecular weight is 314 g/mol. The third-order valence-corrected chi connectivity index (χ3v) is 3.90. The zero-order valence-corrected chi connectivity index (χ0v) is 14.4. The Bertz CT molecular complexity index is 289. The van der Waals surface area contributed by atoms with Gasteiger partial charge in [0.25, 0.3) is 0 Å². The molecule has 0 bridgehead atoms. The molecule has 1 N–H and O–H groups in total. The van der Waals surface area contributed by atoms with E-state index in [9.17, 15) is 9.59 Å². The normalized spacial score (nSPS) is 12.1. The molecule has 0 saturated heterocycles. The Morgan fingerprint density at radius 1 is 0.818 bits per heavy atom. The van der Waals surface area contributed by atoms with Gasteiger partial charge >= 0.3 is 11.9 Å². The molecular formula is C18H34O4. The van der Waals surface area contributed by atoms with Gasteiger partial charge in [-0.3, -0.25) is 4.79 Å². The monoisotopic (exact) mass is 314 g/mol. The van der Waals surface area contributed by atoms with Crippen LogP contribution in [0.1, 0.15) is 97.3 Å². The standard InChI is InChI=1S/C18H34O4/c1-3-4-5-6-7-8-9-10-11-12-13-14-15-17(18(20)21)22-16(2)19/h17H,3-15H2,1-2H3,(H,20,21). The van der Waals surface area contributed by atoms with Crippen molar-refractivity contribution in [2.24, 2.45) is 0 Å². The van der Waals surface area contributed by atoms with Crippen molar-refractivity contribution in [2.45, 2.75) is 103 Å². The van der Waals surface area contributed by atoms with Gasteiger partial charge in [-0.2, -0.15) is 0 Å². The molecule has 0 aliphatic rings. The highest BCUT2D eigenvalue weighted by Crippen LogP contribution is 2.13. The van der Waals surface area contributed by atoms with Crippen LogP contribution >= 0.6 is 0 Å². The Morgan fingerprint density at radius 2 is 1.23 bits per heavy atom. The number of carboxylic acids is 1. The molecule has 0 amide bonds. The lowest BCUT2D eigenvalue weighted by atomic mass is 10.0. The van der Waals surface area contributed by atoms with Crippen LogP contribution in [0.25, 0.3) is 0 Å². The Morgan fingerprint density at radius 3 is 1.59 bits per heavy atom. The first-order valence-electron chi connectivity index (χ1n) is 8.98. The van der Waals surface area contributed by atoms with Gasteiger partial charge in [-0.05, 0) is 12.8 Å². The summed E-state index contributed by atoms with van der Waals surface area (Å²) >= 11 is 0. The minimum atomic E-state index is -1.04. The summed E-state index contributed by atoms with van der Waals surface area (Å²) in [5.74, 6) is -1.57. The first-order valence-corrected chi connectivity index (χ1v) is 8.98. The second-order valence-electron chi connectivity index (χ2n) is 6.11. The van der Waals surface area contributed by atoms with Crippen molar-refractivity contribution in [1.29, 1.82) is 0 Å². The van der Waals surface area contributed by atoms with Crippen molar-refractivity contribution >= 4 is 11.9 Å². The van der Waals surface area contributed by atoms with Crippen LogP contribution in [0.5, 0.6) is 0 Å². The van der Waals surface area contributed by atoms with Crippen LogP contribution in [0, 0.1) is 0 Å². The summed E-state index contributed by atoms with van der Waals surface area (Å²) in [6, 6.07) is 0. The van der Waals surface area contributed by atoms with E-state index in [2.05, 4.69) is 6.92 Å². The van der Waals surface area contributed by atoms with E-state index in [0.717, 1.165) is 19.3 Å². The molecule has 130 valence electrons. The molecule has 1 unspecified atom stereocenters. The van der Waals surface area contributed by atoms with Crippen molar-refractivity contribution in [3.8, 4) is 0 Å². The molecule has 0 fully saturated rings. The van der Waals surface area contributed by atoms with Gasteiger partial charge in [0.15, 0.2) is 6.10 Å². The number of carbonyl (C=O) groups excluding carboxylic acids is 1. The lowest BCUT2D eigenvalue weighted by Crippen LogP contribution is -2.25. The fourth-order valence-corrected chi connectivity index (χ4v) is 2.60. The molecule has 4 heteroatoms. The van der Waals surface area contributed by atoms with Crippen molar-refractivity contribution in [3.05, 3.63) is 0 Å². The van der Waals surface area contributed by atoms with Gasteiger partial charge in [-0.15, -0.1) is 0 Å². The number of hydrogen-bond donors (Lipinski definition) is 1. The zero-order valence-electron chi connectivity index (χ0n) is 14.4. The van der Waals surface area contributed by atoms with E-state index in [1.54, 1.807) is 0 Å². The van der Waals surface area contributed by atoms with Gasteiger partial charge in [0.2, 0.25) is 0 Å². The Labute approximate surface area is 135 Å². The third-order valence-electron chi connectivity index (χ3n) is 3.90. The highest BCUT2D eigenvalue weighted by Gasteiger charge is 2.19. The average Bonchev–Trinajstić information content (AvgIpc) is 2.46. The number of unbranched alkanes of at least 4 members (excludes halogenated alkanes) is 11. The minimum absolute atomic E-state index is 0.423. The maximum atomic E-state index is 10.9. The summed E-state index contributed by atoms with van der Waals surface area (Å²) in [6.07, 6.45) is 14.4. The summed E-state index contributed by atoms with van der Waals surface area (Å²) in [6.45, 7) is 3.49. The maximum absolute atomic E-state index is 10.9. The molecule has 0 aromatic heterocycles. The van der Waals surface area contributed by atoms with E-state index >= 15 is 0 Å². The largest absolute Gasteiger partial charge is 0.479 e. The highest BCUT2D eigenvalue weighted by molar-refractivity contribution is 5.76. The second-order valence-corrected chi connectivity index (χ2v) is 6.11. The number of rotatable bonds is 15. The first kappa shape index (κ1) is 20.9. The molecule has 0 radical (unpaired) electrons. The number of esters is 1. The van der Waals surface area contributed by atoms with Gasteiger partial charge in [0.1, 0.15) is 0 Å². The van der Waals surface area contributed by atoms with Crippen LogP contribution in [0.2, 0.25) is 0 Å². The lowest BCUT2D eigenvalue weighted by molar-refractivity contribution is -0.163. The van der Waals surface area contributed by atoms with Gasteiger partial charge in [0.05, 0.1) is 0 Å². The smallest absolute Gasteiger partial charge is 0.345 e. The summed E-state index contributed by atoms with van der Waals surface area (Å²) in [7, 11) is 0. The molecular weight excluding hydrogens is 280 g/mol. The molecule has 0 rings (SSSR count). The Balaban J connectivity index is 3.35. The number of ether oxygens (including phenoxy) is 1. The van der Waals surface area contributed by atoms with Crippen molar-refractivity contribution in [3.63, 3.8) is 0 Å². The second kappa shape index (κ2) is 14.9. The summed E-state index contributed by atoms with van der Waals surface area (Å²) in [5, 5.41) is 8.92. The Hall–Kier alpha value is -1.06. The number of carbonyl (C=O) groups is 2. The molecule has 0 aliphatic carbocycles. The van der Waals surface area contributed by atoms with E-state index in [0.29, 0.717) is 6.42 Å². The van der Waals surface area contributed by atoms with Crippen molar-refractivity contribution in [1.82, 2.24) is 0 Å². The predicted molar refractivity (Wildman–Crippen MR) is 88.9 cm³/mol. The minimum Gasteiger partial charge on any atom is -0.479 e. The quantitative estimate of drug-likeness (QED) is 0.337. The predicted octanol–water partition coefficient (Wildman–Crippen LogP) is 5.09. The number of aliphatic carboxylic acids is 1. The molecule has 0 aliphatic heterocycles. The summed E-state index contributed by atoms with van der Waals surface area (Å²) in [4.78, 5) is 21.7. The van der Waals surface area contributed by atoms with Gasteiger partial charge in [0, 0.05) is 6.92 Å². The molecule has 0 aromatic rings. The molecule has 0 aromatic carbocycles. The van der Waals surface area contributed by atoms with Gasteiger partial charge < -0.3 is 9.84 Å². The fourth-order valence-electron chi connectivity index (χ4n) is 2.60. The zero-order chi connectivity index (χ0) is 16.6. The number of carboxylic acid groups (broad SMARTS) is 1. The van der Waals surface area contributed by atoms with E-state index in [1.165, 1.54) is 64.7 Å². The molecule has 0 heterocycles. The van der Waals surface area contributed by atoms with Gasteiger partial charge in [-0.25, -0.2) is 4.79 Å². The lowest BCUT2D eigenvalue weighted by Gasteiger charge is -2.11. The van der Waals surface area contributed by atoms with Gasteiger partial charge in [-0.1, -0.05) is 77.6 Å². The summed E-state index contributed by atoms with van der Waals surface area (Å²) in [5.41, 5.74) is 0. The first-order chi connectivity index (χ1) is 10.6. The van der Waals surface area contributed by atoms with E-state index in [1.807, 2.05) is 0 Å². The third kappa shape index (κ3) is 13.9. The highest BCUT2D eigenvalue weighted by atomic mass is 16.6. The van der Waals surface area contributed by atoms with Crippen LogP contribution in [0.15, 0.2) is 0 Å². The van der Waals surface area contributed by atoms with Crippen molar-refractivity contribution in [2.75, 3.05) is 0 Å². The van der Waals surface area contributed by atoms with Crippen LogP contribution < -0.4 is 0 Å². The van der Waals surface area contributed by atoms with Crippen LogP contribution in [0.3, 0.4) is 0 Å². The SMILES string of the molecule is CCCCCCCCCCCCCCC(OC(C)=O)C(=O)O. The van der Waals surface area contributed by atoms with Crippen LogP contribution in [0.4, 0.5) is 0 Å². The van der Waals surface area contributed by atoms with Crippen LogP contribution in [-0.4, -0.2) is 23.1 Å². The van der Waals surface area contributed by atoms with E-state index < -0.39 is 18.0 Å². The van der Waals surface area contributed by atoms with Crippen LogP contribution in [-0.2, 0) is 14.3 Å². The molecule has 0 saturated carbocycles. The molecule has 0 spiro atoms. The number of hydrogen-bond acceptors (Lipinski definition) is 3. The van der Waals surface area contributed by atoms with Crippen molar-refractivity contribution < 1.29 is 19.4 Å². The molecule has 1 atom stereocenters. The molecule has 22 heavy (non-hydrogen) atoms.